The van der Waals surface area contributed by atoms with Crippen molar-refractivity contribution in [1.29, 1.82) is 0 Å². The van der Waals surface area contributed by atoms with Gasteiger partial charge in [-0.1, -0.05) is 23.7 Å². The van der Waals surface area contributed by atoms with Gasteiger partial charge >= 0.3 is 0 Å². The third-order valence-corrected chi connectivity index (χ3v) is 5.61. The summed E-state index contributed by atoms with van der Waals surface area (Å²) < 4.78 is 11.1. The molecule has 2 aliphatic rings. The highest BCUT2D eigenvalue weighted by Crippen LogP contribution is 2.38. The topological polar surface area (TPSA) is 67.9 Å². The Morgan fingerprint density at radius 2 is 1.80 bits per heavy atom. The summed E-state index contributed by atoms with van der Waals surface area (Å²) >= 11 is 6.24. The molecule has 2 heterocycles. The molecule has 4 rings (SSSR count). The van der Waals surface area contributed by atoms with Gasteiger partial charge in [-0.2, -0.15) is 0 Å². The first-order valence-corrected chi connectivity index (χ1v) is 10.7. The Morgan fingerprint density at radius 1 is 1.00 bits per heavy atom. The summed E-state index contributed by atoms with van der Waals surface area (Å²) in [5.41, 5.74) is 2.32. The molecule has 30 heavy (non-hydrogen) atoms. The van der Waals surface area contributed by atoms with Crippen LogP contribution < -0.4 is 14.8 Å². The van der Waals surface area contributed by atoms with Gasteiger partial charge in [-0.15, -0.1) is 0 Å². The minimum atomic E-state index is -0.129. The van der Waals surface area contributed by atoms with E-state index < -0.39 is 0 Å². The van der Waals surface area contributed by atoms with Crippen LogP contribution in [0.3, 0.4) is 0 Å². The average molecular weight is 429 g/mol. The van der Waals surface area contributed by atoms with Crippen LogP contribution in [0.1, 0.15) is 40.7 Å². The van der Waals surface area contributed by atoms with Crippen molar-refractivity contribution in [2.24, 2.45) is 0 Å². The zero-order valence-electron chi connectivity index (χ0n) is 16.8. The predicted octanol–water partition coefficient (Wildman–Crippen LogP) is 3.60. The van der Waals surface area contributed by atoms with Crippen LogP contribution in [-0.4, -0.2) is 43.0 Å². The molecule has 2 amide bonds. The Bertz CT molecular complexity index is 941. The zero-order chi connectivity index (χ0) is 20.9. The van der Waals surface area contributed by atoms with Gasteiger partial charge in [0.25, 0.3) is 5.91 Å². The molecule has 0 saturated carbocycles. The van der Waals surface area contributed by atoms with Gasteiger partial charge in [0.05, 0.1) is 11.4 Å². The molecule has 0 radical (unpaired) electrons. The molecule has 0 bridgehead atoms. The van der Waals surface area contributed by atoms with E-state index in [9.17, 15) is 9.59 Å². The lowest BCUT2D eigenvalue weighted by molar-refractivity contribution is -0.120. The lowest BCUT2D eigenvalue weighted by Crippen LogP contribution is -2.35. The van der Waals surface area contributed by atoms with E-state index in [1.807, 2.05) is 29.2 Å². The van der Waals surface area contributed by atoms with Gasteiger partial charge in [-0.25, -0.2) is 0 Å². The smallest absolute Gasteiger partial charge is 0.253 e. The van der Waals surface area contributed by atoms with Crippen molar-refractivity contribution in [2.45, 2.75) is 32.2 Å². The molecular weight excluding hydrogens is 404 g/mol. The van der Waals surface area contributed by atoms with E-state index in [4.69, 9.17) is 21.1 Å². The third kappa shape index (κ3) is 4.87. The first kappa shape index (κ1) is 20.5. The van der Waals surface area contributed by atoms with Crippen LogP contribution in [0, 0.1) is 0 Å². The van der Waals surface area contributed by atoms with Gasteiger partial charge in [-0.3, -0.25) is 9.59 Å². The van der Waals surface area contributed by atoms with Crippen molar-refractivity contribution in [3.8, 4) is 11.5 Å². The number of piperidine rings is 1. The highest BCUT2D eigenvalue weighted by Gasteiger charge is 2.19. The maximum atomic E-state index is 12.7. The summed E-state index contributed by atoms with van der Waals surface area (Å²) in [4.78, 5) is 27.0. The number of fused-ring (bicyclic) bond motifs is 1. The van der Waals surface area contributed by atoms with Crippen molar-refractivity contribution in [3.63, 3.8) is 0 Å². The lowest BCUT2D eigenvalue weighted by Gasteiger charge is -2.26. The number of carbonyl (C=O) groups excluding carboxylic acids is 2. The molecule has 7 heteroatoms. The normalized spacial score (nSPS) is 15.6. The van der Waals surface area contributed by atoms with Gasteiger partial charge in [0.1, 0.15) is 13.2 Å². The van der Waals surface area contributed by atoms with Crippen molar-refractivity contribution in [3.05, 3.63) is 58.1 Å². The predicted molar refractivity (Wildman–Crippen MR) is 114 cm³/mol. The number of nitrogens with one attached hydrogen (secondary N) is 1. The molecule has 1 N–H and O–H groups in total. The molecule has 2 aromatic carbocycles. The van der Waals surface area contributed by atoms with E-state index in [0.717, 1.165) is 37.1 Å². The molecule has 0 atom stereocenters. The monoisotopic (exact) mass is 428 g/mol. The van der Waals surface area contributed by atoms with Crippen molar-refractivity contribution in [2.75, 3.05) is 26.3 Å². The van der Waals surface area contributed by atoms with Crippen LogP contribution >= 0.6 is 11.6 Å². The first-order chi connectivity index (χ1) is 14.6. The van der Waals surface area contributed by atoms with Crippen LogP contribution in [0.4, 0.5) is 0 Å². The van der Waals surface area contributed by atoms with E-state index in [0.29, 0.717) is 41.8 Å². The third-order valence-electron chi connectivity index (χ3n) is 5.33. The molecule has 1 saturated heterocycles. The molecule has 0 aliphatic carbocycles. The molecule has 0 unspecified atom stereocenters. The summed E-state index contributed by atoms with van der Waals surface area (Å²) in [7, 11) is 0. The van der Waals surface area contributed by atoms with E-state index in [1.54, 1.807) is 12.1 Å². The fraction of sp³-hybridized carbons (Fsp3) is 0.391. The Morgan fingerprint density at radius 3 is 2.63 bits per heavy atom. The average Bonchev–Trinajstić information content (AvgIpc) is 2.78. The second-order valence-corrected chi connectivity index (χ2v) is 8.02. The van der Waals surface area contributed by atoms with Crippen molar-refractivity contribution < 1.29 is 19.1 Å². The van der Waals surface area contributed by atoms with Crippen LogP contribution in [-0.2, 0) is 17.8 Å². The number of carbonyl (C=O) groups is 2. The van der Waals surface area contributed by atoms with Crippen LogP contribution in [0.15, 0.2) is 36.4 Å². The van der Waals surface area contributed by atoms with Gasteiger partial charge < -0.3 is 19.7 Å². The SMILES string of the molecule is O=C(Cc1cc(Cl)c2c(c1)OCCO2)NCc1cccc(C(=O)N2CCCCC2)c1. The molecular formula is C23H25ClN2O4. The Balaban J connectivity index is 1.35. The van der Waals surface area contributed by atoms with Crippen LogP contribution in [0.25, 0.3) is 0 Å². The van der Waals surface area contributed by atoms with Gasteiger partial charge in [0.2, 0.25) is 5.91 Å². The second kappa shape index (κ2) is 9.39. The minimum Gasteiger partial charge on any atom is -0.486 e. The number of benzene rings is 2. The minimum absolute atomic E-state index is 0.0637. The van der Waals surface area contributed by atoms with Gasteiger partial charge in [-0.05, 0) is 54.7 Å². The lowest BCUT2D eigenvalue weighted by atomic mass is 10.1. The summed E-state index contributed by atoms with van der Waals surface area (Å²) in [6.07, 6.45) is 3.49. The summed E-state index contributed by atoms with van der Waals surface area (Å²) in [5.74, 6) is 1.03. The molecule has 1 fully saturated rings. The van der Waals surface area contributed by atoms with Crippen LogP contribution in [0.5, 0.6) is 11.5 Å². The number of nitrogens with zero attached hydrogens (tertiary/aromatic N) is 1. The number of halogens is 1. The Kier molecular flexibility index (Phi) is 6.43. The first-order valence-electron chi connectivity index (χ1n) is 10.3. The fourth-order valence-electron chi connectivity index (χ4n) is 3.81. The highest BCUT2D eigenvalue weighted by molar-refractivity contribution is 6.32. The maximum Gasteiger partial charge on any atom is 0.253 e. The number of likely N-dealkylation sites (tertiary alicyclic amines) is 1. The number of hydrogen-bond acceptors (Lipinski definition) is 4. The van der Waals surface area contributed by atoms with E-state index >= 15 is 0 Å². The molecule has 0 aromatic heterocycles. The Hall–Kier alpha value is -2.73. The summed E-state index contributed by atoms with van der Waals surface area (Å²) in [5, 5.41) is 3.36. The van der Waals surface area contributed by atoms with Crippen LogP contribution in [0.2, 0.25) is 5.02 Å². The molecule has 6 nitrogen and oxygen atoms in total. The summed E-state index contributed by atoms with van der Waals surface area (Å²) in [6, 6.07) is 11.0. The number of ether oxygens (including phenoxy) is 2. The highest BCUT2D eigenvalue weighted by atomic mass is 35.5. The zero-order valence-corrected chi connectivity index (χ0v) is 17.5. The van der Waals surface area contributed by atoms with Crippen molar-refractivity contribution >= 4 is 23.4 Å². The number of rotatable bonds is 5. The summed E-state index contributed by atoms with van der Waals surface area (Å²) in [6.45, 7) is 2.92. The van der Waals surface area contributed by atoms with E-state index in [1.165, 1.54) is 6.42 Å². The largest absolute Gasteiger partial charge is 0.486 e. The number of hydrogen-bond donors (Lipinski definition) is 1. The maximum absolute atomic E-state index is 12.7. The van der Waals surface area contributed by atoms with E-state index in [2.05, 4.69) is 5.32 Å². The molecule has 2 aromatic rings. The van der Waals surface area contributed by atoms with Gasteiger partial charge in [0, 0.05) is 25.2 Å². The van der Waals surface area contributed by atoms with Gasteiger partial charge in [0.15, 0.2) is 11.5 Å². The quantitative estimate of drug-likeness (QED) is 0.790. The van der Waals surface area contributed by atoms with Crippen molar-refractivity contribution in [1.82, 2.24) is 10.2 Å². The Labute approximate surface area is 181 Å². The fourth-order valence-corrected chi connectivity index (χ4v) is 4.10. The second-order valence-electron chi connectivity index (χ2n) is 7.61. The standard InChI is InChI=1S/C23H25ClN2O4/c24-19-12-17(13-20-22(19)30-10-9-29-20)14-21(27)25-15-16-5-4-6-18(11-16)23(28)26-7-2-1-3-8-26/h4-6,11-13H,1-3,7-10,14-15H2,(H,25,27). The van der Waals surface area contributed by atoms with E-state index in [-0.39, 0.29) is 18.2 Å². The molecule has 0 spiro atoms. The molecule has 2 aliphatic heterocycles. The molecule has 158 valence electrons. The number of amides is 2.